The summed E-state index contributed by atoms with van der Waals surface area (Å²) in [6, 6.07) is 0. The molecule has 0 unspecified atom stereocenters. The molecule has 0 aliphatic rings. The molecule has 4 nitrogen and oxygen atoms in total. The van der Waals surface area contributed by atoms with E-state index in [0.29, 0.717) is 13.2 Å². The van der Waals surface area contributed by atoms with Gasteiger partial charge in [-0.2, -0.15) is 0 Å². The van der Waals surface area contributed by atoms with E-state index in [4.69, 9.17) is 14.2 Å². The van der Waals surface area contributed by atoms with Crippen molar-refractivity contribution in [3.05, 3.63) is 0 Å². The first-order valence-corrected chi connectivity index (χ1v) is 6.21. The summed E-state index contributed by atoms with van der Waals surface area (Å²) < 4.78 is 15.7. The molecule has 16 heavy (non-hydrogen) atoms. The van der Waals surface area contributed by atoms with Crippen LogP contribution in [0.15, 0.2) is 0 Å². The van der Waals surface area contributed by atoms with E-state index in [1.165, 1.54) is 12.8 Å². The smallest absolute Gasteiger partial charge is 0.0700 e. The van der Waals surface area contributed by atoms with Crippen LogP contribution in [-0.2, 0) is 14.2 Å². The molecule has 0 aliphatic heterocycles. The molecular formula is C12H27NO3. The van der Waals surface area contributed by atoms with Crippen LogP contribution in [0.2, 0.25) is 0 Å². The van der Waals surface area contributed by atoms with Crippen molar-refractivity contribution in [1.82, 2.24) is 5.32 Å². The van der Waals surface area contributed by atoms with Gasteiger partial charge in [-0.3, -0.25) is 0 Å². The molecule has 0 spiro atoms. The standard InChI is InChI=1S/C12H27NO3/c1-13-7-4-3-5-9-15-11-12-16-10-6-8-14-2/h13H,3-12H2,1-2H3. The Labute approximate surface area is 99.6 Å². The summed E-state index contributed by atoms with van der Waals surface area (Å²) >= 11 is 0. The third-order valence-corrected chi connectivity index (χ3v) is 2.22. The maximum absolute atomic E-state index is 5.44. The van der Waals surface area contributed by atoms with E-state index in [-0.39, 0.29) is 0 Å². The fourth-order valence-electron chi connectivity index (χ4n) is 1.31. The molecule has 0 aliphatic carbocycles. The number of hydrogen-bond donors (Lipinski definition) is 1. The van der Waals surface area contributed by atoms with Crippen LogP contribution in [-0.4, -0.2) is 53.7 Å². The van der Waals surface area contributed by atoms with E-state index in [1.807, 2.05) is 7.05 Å². The molecule has 98 valence electrons. The number of nitrogens with one attached hydrogen (secondary N) is 1. The van der Waals surface area contributed by atoms with Gasteiger partial charge < -0.3 is 19.5 Å². The lowest BCUT2D eigenvalue weighted by Gasteiger charge is -2.05. The lowest BCUT2D eigenvalue weighted by atomic mass is 10.2. The highest BCUT2D eigenvalue weighted by atomic mass is 16.5. The Balaban J connectivity index is 2.83. The Bertz CT molecular complexity index is 109. The van der Waals surface area contributed by atoms with E-state index in [2.05, 4.69) is 5.32 Å². The predicted octanol–water partition coefficient (Wildman–Crippen LogP) is 1.45. The highest BCUT2D eigenvalue weighted by molar-refractivity contribution is 4.43. The van der Waals surface area contributed by atoms with E-state index in [1.54, 1.807) is 7.11 Å². The number of ether oxygens (including phenoxy) is 3. The minimum atomic E-state index is 0.695. The van der Waals surface area contributed by atoms with Gasteiger partial charge >= 0.3 is 0 Å². The third kappa shape index (κ3) is 13.8. The van der Waals surface area contributed by atoms with Gasteiger partial charge in [0.1, 0.15) is 0 Å². The molecule has 0 atom stereocenters. The molecule has 0 aromatic rings. The number of rotatable bonds is 13. The lowest BCUT2D eigenvalue weighted by molar-refractivity contribution is 0.0387. The van der Waals surface area contributed by atoms with Gasteiger partial charge in [0.25, 0.3) is 0 Å². The molecule has 0 radical (unpaired) electrons. The molecular weight excluding hydrogens is 206 g/mol. The van der Waals surface area contributed by atoms with Crippen molar-refractivity contribution in [3.8, 4) is 0 Å². The van der Waals surface area contributed by atoms with Gasteiger partial charge in [-0.25, -0.2) is 0 Å². The van der Waals surface area contributed by atoms with Crippen LogP contribution in [0.3, 0.4) is 0 Å². The molecule has 0 amide bonds. The fraction of sp³-hybridized carbons (Fsp3) is 1.00. The molecule has 0 heterocycles. The number of unbranched alkanes of at least 4 members (excludes halogenated alkanes) is 2. The largest absolute Gasteiger partial charge is 0.385 e. The van der Waals surface area contributed by atoms with Crippen molar-refractivity contribution in [2.45, 2.75) is 25.7 Å². The zero-order chi connectivity index (χ0) is 11.9. The summed E-state index contributed by atoms with van der Waals surface area (Å²) in [5, 5.41) is 3.13. The summed E-state index contributed by atoms with van der Waals surface area (Å²) in [5.41, 5.74) is 0. The first-order valence-electron chi connectivity index (χ1n) is 6.21. The normalized spacial score (nSPS) is 10.9. The summed E-state index contributed by atoms with van der Waals surface area (Å²) in [4.78, 5) is 0. The molecule has 1 N–H and O–H groups in total. The Kier molecular flexibility index (Phi) is 14.7. The average Bonchev–Trinajstić information content (AvgIpc) is 2.31. The van der Waals surface area contributed by atoms with Crippen molar-refractivity contribution in [2.24, 2.45) is 0 Å². The highest BCUT2D eigenvalue weighted by Gasteiger charge is 1.91. The summed E-state index contributed by atoms with van der Waals surface area (Å²) in [5.74, 6) is 0. The molecule has 0 fully saturated rings. The van der Waals surface area contributed by atoms with Gasteiger partial charge in [-0.1, -0.05) is 0 Å². The summed E-state index contributed by atoms with van der Waals surface area (Å²) in [6.45, 7) is 4.89. The zero-order valence-electron chi connectivity index (χ0n) is 10.8. The Morgan fingerprint density at radius 1 is 0.750 bits per heavy atom. The van der Waals surface area contributed by atoms with Crippen LogP contribution in [0, 0.1) is 0 Å². The average molecular weight is 233 g/mol. The second kappa shape index (κ2) is 14.8. The molecule has 0 aromatic carbocycles. The van der Waals surface area contributed by atoms with E-state index in [9.17, 15) is 0 Å². The molecule has 0 saturated heterocycles. The van der Waals surface area contributed by atoms with Gasteiger partial charge in [0.05, 0.1) is 13.2 Å². The van der Waals surface area contributed by atoms with Crippen LogP contribution in [0.4, 0.5) is 0 Å². The van der Waals surface area contributed by atoms with Crippen molar-refractivity contribution in [3.63, 3.8) is 0 Å². The quantitative estimate of drug-likeness (QED) is 0.489. The van der Waals surface area contributed by atoms with Crippen LogP contribution in [0.1, 0.15) is 25.7 Å². The highest BCUT2D eigenvalue weighted by Crippen LogP contribution is 1.94. The third-order valence-electron chi connectivity index (χ3n) is 2.22. The second-order valence-corrected chi connectivity index (χ2v) is 3.74. The van der Waals surface area contributed by atoms with Crippen LogP contribution < -0.4 is 5.32 Å². The molecule has 4 heteroatoms. The van der Waals surface area contributed by atoms with Gasteiger partial charge in [-0.05, 0) is 39.3 Å². The molecule has 0 aromatic heterocycles. The van der Waals surface area contributed by atoms with Crippen LogP contribution >= 0.6 is 0 Å². The Morgan fingerprint density at radius 3 is 2.06 bits per heavy atom. The van der Waals surface area contributed by atoms with E-state index in [0.717, 1.165) is 39.2 Å². The molecule has 0 saturated carbocycles. The second-order valence-electron chi connectivity index (χ2n) is 3.74. The first-order chi connectivity index (χ1) is 7.91. The summed E-state index contributed by atoms with van der Waals surface area (Å²) in [6.07, 6.45) is 4.56. The maximum Gasteiger partial charge on any atom is 0.0700 e. The van der Waals surface area contributed by atoms with E-state index >= 15 is 0 Å². The molecule has 0 rings (SSSR count). The van der Waals surface area contributed by atoms with Crippen LogP contribution in [0.5, 0.6) is 0 Å². The maximum atomic E-state index is 5.44. The minimum absolute atomic E-state index is 0.695. The van der Waals surface area contributed by atoms with Crippen LogP contribution in [0.25, 0.3) is 0 Å². The number of hydrogen-bond acceptors (Lipinski definition) is 4. The minimum Gasteiger partial charge on any atom is -0.385 e. The first kappa shape index (κ1) is 15.8. The van der Waals surface area contributed by atoms with Crippen molar-refractivity contribution >= 4 is 0 Å². The van der Waals surface area contributed by atoms with Gasteiger partial charge in [0, 0.05) is 26.9 Å². The SMILES string of the molecule is CNCCCCCOCCOCCCOC. The Morgan fingerprint density at radius 2 is 1.44 bits per heavy atom. The Hall–Kier alpha value is -0.160. The topological polar surface area (TPSA) is 39.7 Å². The molecule has 0 bridgehead atoms. The summed E-state index contributed by atoms with van der Waals surface area (Å²) in [7, 11) is 3.69. The van der Waals surface area contributed by atoms with Gasteiger partial charge in [0.2, 0.25) is 0 Å². The van der Waals surface area contributed by atoms with Gasteiger partial charge in [0.15, 0.2) is 0 Å². The monoisotopic (exact) mass is 233 g/mol. The van der Waals surface area contributed by atoms with Crippen molar-refractivity contribution in [2.75, 3.05) is 53.7 Å². The predicted molar refractivity (Wildman–Crippen MR) is 65.9 cm³/mol. The zero-order valence-corrected chi connectivity index (χ0v) is 10.8. The van der Waals surface area contributed by atoms with Crippen molar-refractivity contribution < 1.29 is 14.2 Å². The van der Waals surface area contributed by atoms with E-state index < -0.39 is 0 Å². The van der Waals surface area contributed by atoms with Gasteiger partial charge in [-0.15, -0.1) is 0 Å². The number of methoxy groups -OCH3 is 1. The lowest BCUT2D eigenvalue weighted by Crippen LogP contribution is -2.09. The van der Waals surface area contributed by atoms with Crippen molar-refractivity contribution in [1.29, 1.82) is 0 Å². The fourth-order valence-corrected chi connectivity index (χ4v) is 1.31.